The highest BCUT2D eigenvalue weighted by molar-refractivity contribution is 5.98. The molecule has 0 bridgehead atoms. The highest BCUT2D eigenvalue weighted by Gasteiger charge is 2.50. The van der Waals surface area contributed by atoms with E-state index in [1.54, 1.807) is 12.1 Å². The Hall–Kier alpha value is -3.45. The van der Waals surface area contributed by atoms with Crippen LogP contribution in [-0.4, -0.2) is 93.3 Å². The molecule has 0 saturated carbocycles. The van der Waals surface area contributed by atoms with E-state index in [4.69, 9.17) is 0 Å². The number of carbonyl (C=O) groups excluding carboxylic acids is 2. The molecule has 9 nitrogen and oxygen atoms in total. The molecule has 2 amide bonds. The minimum absolute atomic E-state index is 0.132. The fourth-order valence-corrected chi connectivity index (χ4v) is 5.66. The number of aromatic nitrogens is 1. The Labute approximate surface area is 236 Å². The second kappa shape index (κ2) is 11.8. The first-order valence-corrected chi connectivity index (χ1v) is 13.9. The van der Waals surface area contributed by atoms with Crippen molar-refractivity contribution < 1.29 is 27.2 Å². The van der Waals surface area contributed by atoms with Crippen LogP contribution in [0.5, 0.6) is 0 Å². The molecule has 5 rings (SSSR count). The standard InChI is InChI=1S/C28H35F4N7O2/c1-17-16-39(11-10-37(17)2)24-14-21(29)18(22-4-3-5-25(35-22)38-8-6-33-7-9-38)12-23(24)36-27(41)19-15-34-26(40)13-20(19)28(30,31)32/h3-5,12,14,17,19-20,33H,6-11,13,15-16H2,1-2H3,(H,34,40)(H,36,41)/t17-,19?,20?/m0/s1. The number of halogens is 4. The summed E-state index contributed by atoms with van der Waals surface area (Å²) in [7, 11) is 1.99. The Morgan fingerprint density at radius 2 is 1.85 bits per heavy atom. The summed E-state index contributed by atoms with van der Waals surface area (Å²) < 4.78 is 57.2. The molecule has 4 heterocycles. The van der Waals surface area contributed by atoms with E-state index < -0.39 is 48.6 Å². The lowest BCUT2D eigenvalue weighted by Crippen LogP contribution is -2.51. The molecule has 0 spiro atoms. The summed E-state index contributed by atoms with van der Waals surface area (Å²) in [6.07, 6.45) is -5.54. The van der Waals surface area contributed by atoms with Gasteiger partial charge in [-0.15, -0.1) is 0 Å². The molecule has 41 heavy (non-hydrogen) atoms. The molecule has 3 saturated heterocycles. The molecule has 1 aromatic heterocycles. The van der Waals surface area contributed by atoms with Gasteiger partial charge in [0, 0.05) is 70.4 Å². The second-order valence-corrected chi connectivity index (χ2v) is 11.0. The molecule has 3 fully saturated rings. The molecule has 2 unspecified atom stereocenters. The Bertz CT molecular complexity index is 1280. The van der Waals surface area contributed by atoms with E-state index in [9.17, 15) is 22.8 Å². The Balaban J connectivity index is 1.51. The van der Waals surface area contributed by atoms with E-state index in [2.05, 4.69) is 30.7 Å². The number of hydrogen-bond acceptors (Lipinski definition) is 7. The van der Waals surface area contributed by atoms with E-state index in [0.29, 0.717) is 36.8 Å². The van der Waals surface area contributed by atoms with Crippen molar-refractivity contribution in [2.45, 2.75) is 25.6 Å². The monoisotopic (exact) mass is 577 g/mol. The van der Waals surface area contributed by atoms with Crippen LogP contribution in [-0.2, 0) is 9.59 Å². The summed E-state index contributed by atoms with van der Waals surface area (Å²) in [5, 5.41) is 8.34. The maximum atomic E-state index is 15.8. The summed E-state index contributed by atoms with van der Waals surface area (Å²) in [6.45, 7) is 6.47. The van der Waals surface area contributed by atoms with Crippen molar-refractivity contribution in [2.24, 2.45) is 11.8 Å². The Kier molecular flexibility index (Phi) is 8.37. The fraction of sp³-hybridized carbons (Fsp3) is 0.536. The van der Waals surface area contributed by atoms with Gasteiger partial charge in [-0.05, 0) is 38.2 Å². The first-order chi connectivity index (χ1) is 19.5. The van der Waals surface area contributed by atoms with Crippen molar-refractivity contribution in [1.82, 2.24) is 20.5 Å². The average molecular weight is 578 g/mol. The van der Waals surface area contributed by atoms with E-state index >= 15 is 4.39 Å². The fourth-order valence-electron chi connectivity index (χ4n) is 5.66. The highest BCUT2D eigenvalue weighted by atomic mass is 19.4. The number of hydrogen-bond donors (Lipinski definition) is 3. The number of anilines is 3. The third-order valence-electron chi connectivity index (χ3n) is 8.26. The van der Waals surface area contributed by atoms with Crippen LogP contribution < -0.4 is 25.8 Å². The number of nitrogens with zero attached hydrogens (tertiary/aromatic N) is 4. The zero-order chi connectivity index (χ0) is 29.3. The van der Waals surface area contributed by atoms with Crippen LogP contribution in [0.1, 0.15) is 13.3 Å². The van der Waals surface area contributed by atoms with Crippen molar-refractivity contribution in [3.05, 3.63) is 36.1 Å². The number of pyridine rings is 1. The molecule has 3 aliphatic heterocycles. The first kappa shape index (κ1) is 29.1. The van der Waals surface area contributed by atoms with Crippen LogP contribution in [0.4, 0.5) is 34.8 Å². The van der Waals surface area contributed by atoms with Gasteiger partial charge in [0.15, 0.2) is 0 Å². The van der Waals surface area contributed by atoms with E-state index in [-0.39, 0.29) is 17.3 Å². The number of carbonyl (C=O) groups is 2. The SMILES string of the molecule is C[C@H]1CN(c2cc(F)c(-c3cccc(N4CCNCC4)n3)cc2NC(=O)C2CNC(=O)CC2C(F)(F)F)CCN1C. The number of likely N-dealkylation sites (N-methyl/N-ethyl adjacent to an activating group) is 1. The van der Waals surface area contributed by atoms with Gasteiger partial charge in [-0.1, -0.05) is 6.07 Å². The normalized spacial score (nSPS) is 24.2. The third-order valence-corrected chi connectivity index (χ3v) is 8.26. The maximum absolute atomic E-state index is 15.8. The predicted molar refractivity (Wildman–Crippen MR) is 148 cm³/mol. The number of nitrogens with one attached hydrogen (secondary N) is 3. The quantitative estimate of drug-likeness (QED) is 0.471. The molecule has 3 N–H and O–H groups in total. The smallest absolute Gasteiger partial charge is 0.367 e. The Morgan fingerprint density at radius 1 is 1.10 bits per heavy atom. The molecular formula is C28H35F4N7O2. The number of alkyl halides is 3. The summed E-state index contributed by atoms with van der Waals surface area (Å²) >= 11 is 0. The van der Waals surface area contributed by atoms with E-state index in [1.165, 1.54) is 12.1 Å². The van der Waals surface area contributed by atoms with Gasteiger partial charge in [0.05, 0.1) is 28.9 Å². The molecule has 0 radical (unpaired) electrons. The largest absolute Gasteiger partial charge is 0.393 e. The van der Waals surface area contributed by atoms with Crippen LogP contribution in [0.2, 0.25) is 0 Å². The van der Waals surface area contributed by atoms with Crippen molar-refractivity contribution in [1.29, 1.82) is 0 Å². The zero-order valence-electron chi connectivity index (χ0n) is 23.1. The molecule has 0 aliphatic carbocycles. The summed E-state index contributed by atoms with van der Waals surface area (Å²) in [4.78, 5) is 36.0. The van der Waals surface area contributed by atoms with Crippen LogP contribution in [0.3, 0.4) is 0 Å². The lowest BCUT2D eigenvalue weighted by Gasteiger charge is -2.40. The number of piperidine rings is 1. The predicted octanol–water partition coefficient (Wildman–Crippen LogP) is 2.69. The van der Waals surface area contributed by atoms with Gasteiger partial charge in [-0.3, -0.25) is 9.59 Å². The average Bonchev–Trinajstić information content (AvgIpc) is 2.95. The molecule has 2 aromatic rings. The number of amides is 2. The van der Waals surface area contributed by atoms with Gasteiger partial charge < -0.3 is 30.7 Å². The minimum Gasteiger partial charge on any atom is -0.367 e. The first-order valence-electron chi connectivity index (χ1n) is 13.9. The summed E-state index contributed by atoms with van der Waals surface area (Å²) in [6, 6.07) is 8.22. The van der Waals surface area contributed by atoms with Crippen molar-refractivity contribution in [3.63, 3.8) is 0 Å². The van der Waals surface area contributed by atoms with Crippen molar-refractivity contribution in [2.75, 3.05) is 74.5 Å². The highest BCUT2D eigenvalue weighted by Crippen LogP contribution is 2.39. The third kappa shape index (κ3) is 6.40. The maximum Gasteiger partial charge on any atom is 0.393 e. The number of benzene rings is 1. The number of piperazine rings is 2. The molecule has 3 atom stereocenters. The lowest BCUT2D eigenvalue weighted by atomic mass is 9.84. The Morgan fingerprint density at radius 3 is 2.56 bits per heavy atom. The van der Waals surface area contributed by atoms with Gasteiger partial charge in [-0.25, -0.2) is 9.37 Å². The number of rotatable bonds is 5. The van der Waals surface area contributed by atoms with E-state index in [1.807, 2.05) is 24.9 Å². The van der Waals surface area contributed by atoms with E-state index in [0.717, 1.165) is 26.2 Å². The molecular weight excluding hydrogens is 542 g/mol. The van der Waals surface area contributed by atoms with Crippen molar-refractivity contribution in [3.8, 4) is 11.3 Å². The molecule has 1 aromatic carbocycles. The lowest BCUT2D eigenvalue weighted by molar-refractivity contribution is -0.197. The summed E-state index contributed by atoms with van der Waals surface area (Å²) in [5.41, 5.74) is 1.08. The van der Waals surface area contributed by atoms with Crippen LogP contribution in [0.15, 0.2) is 30.3 Å². The summed E-state index contributed by atoms with van der Waals surface area (Å²) in [5.74, 6) is -5.11. The second-order valence-electron chi connectivity index (χ2n) is 11.0. The van der Waals surface area contributed by atoms with Crippen LogP contribution in [0.25, 0.3) is 11.3 Å². The van der Waals surface area contributed by atoms with Crippen molar-refractivity contribution >= 4 is 29.0 Å². The van der Waals surface area contributed by atoms with Crippen LogP contribution in [0, 0.1) is 17.7 Å². The van der Waals surface area contributed by atoms with Gasteiger partial charge in [0.2, 0.25) is 11.8 Å². The molecule has 13 heteroatoms. The topological polar surface area (TPSA) is 92.8 Å². The zero-order valence-corrected chi connectivity index (χ0v) is 23.1. The van der Waals surface area contributed by atoms with Gasteiger partial charge in [-0.2, -0.15) is 13.2 Å². The minimum atomic E-state index is -4.72. The molecule has 3 aliphatic rings. The van der Waals surface area contributed by atoms with Gasteiger partial charge in [0.1, 0.15) is 11.6 Å². The van der Waals surface area contributed by atoms with Gasteiger partial charge in [0.25, 0.3) is 0 Å². The molecule has 222 valence electrons. The van der Waals surface area contributed by atoms with Crippen LogP contribution >= 0.6 is 0 Å². The van der Waals surface area contributed by atoms with Gasteiger partial charge >= 0.3 is 6.18 Å².